The molecule has 0 aliphatic heterocycles. The largest absolute Gasteiger partial charge is 0.395 e. The minimum Gasteiger partial charge on any atom is -0.395 e. The summed E-state index contributed by atoms with van der Waals surface area (Å²) in [6.07, 6.45) is 9.52. The first-order valence-electron chi connectivity index (χ1n) is 6.50. The summed E-state index contributed by atoms with van der Waals surface area (Å²) in [7, 11) is 0. The van der Waals surface area contributed by atoms with Crippen LogP contribution in [0.2, 0.25) is 0 Å². The van der Waals surface area contributed by atoms with Gasteiger partial charge in [-0.15, -0.1) is 0 Å². The van der Waals surface area contributed by atoms with Gasteiger partial charge in [-0.2, -0.15) is 0 Å². The Bertz CT molecular complexity index is 487. The van der Waals surface area contributed by atoms with Crippen molar-refractivity contribution in [2.75, 3.05) is 13.2 Å². The highest BCUT2D eigenvalue weighted by molar-refractivity contribution is 5.29. The molecule has 0 unspecified atom stereocenters. The van der Waals surface area contributed by atoms with Crippen molar-refractivity contribution in [3.8, 4) is 0 Å². The molecule has 1 fully saturated rings. The van der Waals surface area contributed by atoms with E-state index in [1.54, 1.807) is 6.20 Å². The smallest absolute Gasteiger partial charge is 0.233 e. The van der Waals surface area contributed by atoms with Gasteiger partial charge in [0.15, 0.2) is 0 Å². The summed E-state index contributed by atoms with van der Waals surface area (Å²) in [5, 5.41) is 9.14. The summed E-state index contributed by atoms with van der Waals surface area (Å²) in [5.74, 6) is 0.741. The molecule has 1 aliphatic carbocycles. The summed E-state index contributed by atoms with van der Waals surface area (Å²) < 4.78 is 1.94. The lowest BCUT2D eigenvalue weighted by Crippen LogP contribution is -2.41. The van der Waals surface area contributed by atoms with E-state index >= 15 is 0 Å². The molecule has 1 saturated carbocycles. The predicted octanol–water partition coefficient (Wildman–Crippen LogP) is 1.08. The molecule has 0 amide bonds. The molecule has 5 heteroatoms. The molecule has 1 aliphatic rings. The Morgan fingerprint density at radius 2 is 2.33 bits per heavy atom. The summed E-state index contributed by atoms with van der Waals surface area (Å²) in [6, 6.07) is 2.52. The van der Waals surface area contributed by atoms with Crippen LogP contribution in [0.3, 0.4) is 0 Å². The molecular formula is C13H18N4O. The third-order valence-electron chi connectivity index (χ3n) is 3.63. The van der Waals surface area contributed by atoms with E-state index in [9.17, 15) is 0 Å². The topological polar surface area (TPSA) is 53.7 Å². The average molecular weight is 246 g/mol. The number of nitrogens with zero attached hydrogens (tertiary/aromatic N) is 4. The normalized spacial score (nSPS) is 16.3. The van der Waals surface area contributed by atoms with Gasteiger partial charge in [-0.05, 0) is 18.9 Å². The van der Waals surface area contributed by atoms with Crippen LogP contribution in [0.1, 0.15) is 25.0 Å². The fourth-order valence-electron chi connectivity index (χ4n) is 2.43. The molecule has 18 heavy (non-hydrogen) atoms. The lowest BCUT2D eigenvalue weighted by molar-refractivity contribution is 0.0935. The highest BCUT2D eigenvalue weighted by atomic mass is 16.3. The Kier molecular flexibility index (Phi) is 3.25. The predicted molar refractivity (Wildman–Crippen MR) is 68.1 cm³/mol. The van der Waals surface area contributed by atoms with Crippen LogP contribution in [0.4, 0.5) is 0 Å². The molecule has 2 aromatic heterocycles. The van der Waals surface area contributed by atoms with E-state index in [2.05, 4.69) is 14.9 Å². The van der Waals surface area contributed by atoms with Crippen LogP contribution < -0.4 is 0 Å². The monoisotopic (exact) mass is 246 g/mol. The zero-order valence-corrected chi connectivity index (χ0v) is 10.4. The van der Waals surface area contributed by atoms with Crippen LogP contribution in [0.25, 0.3) is 5.78 Å². The molecule has 0 radical (unpaired) electrons. The first-order valence-corrected chi connectivity index (χ1v) is 6.50. The number of fused-ring (bicyclic) bond motifs is 1. The summed E-state index contributed by atoms with van der Waals surface area (Å²) in [4.78, 5) is 11.0. The van der Waals surface area contributed by atoms with Gasteiger partial charge in [0.25, 0.3) is 0 Å². The van der Waals surface area contributed by atoms with Crippen LogP contribution in [0.15, 0.2) is 24.7 Å². The van der Waals surface area contributed by atoms with Crippen LogP contribution in [0, 0.1) is 0 Å². The minimum atomic E-state index is 0.210. The molecule has 0 atom stereocenters. The van der Waals surface area contributed by atoms with Crippen LogP contribution >= 0.6 is 0 Å². The molecule has 0 bridgehead atoms. The summed E-state index contributed by atoms with van der Waals surface area (Å²) >= 11 is 0. The van der Waals surface area contributed by atoms with E-state index in [0.717, 1.165) is 24.6 Å². The van der Waals surface area contributed by atoms with Crippen molar-refractivity contribution in [1.29, 1.82) is 0 Å². The first-order chi connectivity index (χ1) is 8.86. The summed E-state index contributed by atoms with van der Waals surface area (Å²) in [6.45, 7) is 1.74. The Morgan fingerprint density at radius 3 is 3.00 bits per heavy atom. The Hall–Kier alpha value is -1.46. The van der Waals surface area contributed by atoms with Crippen molar-refractivity contribution in [2.24, 2.45) is 0 Å². The van der Waals surface area contributed by atoms with Crippen molar-refractivity contribution in [1.82, 2.24) is 19.3 Å². The summed E-state index contributed by atoms with van der Waals surface area (Å²) in [5.41, 5.74) is 1.02. The number of imidazole rings is 1. The second-order valence-electron chi connectivity index (χ2n) is 4.84. The second kappa shape index (κ2) is 5.04. The lowest BCUT2D eigenvalue weighted by atomic mass is 9.91. The molecule has 5 nitrogen and oxygen atoms in total. The van der Waals surface area contributed by atoms with Crippen LogP contribution in [0.5, 0.6) is 0 Å². The zero-order valence-electron chi connectivity index (χ0n) is 10.4. The van der Waals surface area contributed by atoms with Gasteiger partial charge in [0.05, 0.1) is 12.3 Å². The number of hydrogen-bond donors (Lipinski definition) is 1. The molecular weight excluding hydrogens is 228 g/mol. The number of aromatic nitrogens is 3. The van der Waals surface area contributed by atoms with Gasteiger partial charge < -0.3 is 5.11 Å². The van der Waals surface area contributed by atoms with Gasteiger partial charge in [-0.1, -0.05) is 6.42 Å². The van der Waals surface area contributed by atoms with Gasteiger partial charge in [-0.3, -0.25) is 9.30 Å². The zero-order chi connectivity index (χ0) is 12.4. The first kappa shape index (κ1) is 11.6. The Morgan fingerprint density at radius 1 is 1.44 bits per heavy atom. The van der Waals surface area contributed by atoms with E-state index < -0.39 is 0 Å². The molecule has 2 heterocycles. The van der Waals surface area contributed by atoms with E-state index in [1.165, 1.54) is 19.3 Å². The van der Waals surface area contributed by atoms with Crippen molar-refractivity contribution >= 4 is 5.78 Å². The molecule has 0 saturated heterocycles. The van der Waals surface area contributed by atoms with Crippen LogP contribution in [-0.2, 0) is 6.54 Å². The van der Waals surface area contributed by atoms with Crippen molar-refractivity contribution < 1.29 is 5.11 Å². The fourth-order valence-corrected chi connectivity index (χ4v) is 2.43. The van der Waals surface area contributed by atoms with Gasteiger partial charge in [0.1, 0.15) is 0 Å². The molecule has 3 rings (SSSR count). The molecule has 1 N–H and O–H groups in total. The lowest BCUT2D eigenvalue weighted by Gasteiger charge is -2.36. The maximum Gasteiger partial charge on any atom is 0.233 e. The Balaban J connectivity index is 1.76. The number of rotatable bonds is 5. The minimum absolute atomic E-state index is 0.210. The van der Waals surface area contributed by atoms with Gasteiger partial charge in [0.2, 0.25) is 5.78 Å². The molecule has 0 spiro atoms. The maximum atomic E-state index is 9.14. The second-order valence-corrected chi connectivity index (χ2v) is 4.84. The fraction of sp³-hybridized carbons (Fsp3) is 0.538. The molecule has 2 aromatic rings. The third-order valence-corrected chi connectivity index (χ3v) is 3.63. The highest BCUT2D eigenvalue weighted by Crippen LogP contribution is 2.25. The van der Waals surface area contributed by atoms with Crippen molar-refractivity contribution in [3.05, 3.63) is 30.4 Å². The molecule has 0 aromatic carbocycles. The highest BCUT2D eigenvalue weighted by Gasteiger charge is 2.25. The van der Waals surface area contributed by atoms with Gasteiger partial charge in [-0.25, -0.2) is 9.97 Å². The standard InChI is InChI=1S/C13H18N4O/c18-8-7-16(12-3-1-4-12)9-11-10-17-6-2-5-14-13(17)15-11/h2,5-6,10,12,18H,1,3-4,7-9H2. The van der Waals surface area contributed by atoms with E-state index in [0.29, 0.717) is 6.04 Å². The van der Waals surface area contributed by atoms with E-state index in [4.69, 9.17) is 5.11 Å². The quantitative estimate of drug-likeness (QED) is 0.857. The van der Waals surface area contributed by atoms with E-state index in [-0.39, 0.29) is 6.61 Å². The number of aliphatic hydroxyl groups excluding tert-OH is 1. The average Bonchev–Trinajstić information content (AvgIpc) is 2.69. The third kappa shape index (κ3) is 2.23. The van der Waals surface area contributed by atoms with Crippen LogP contribution in [-0.4, -0.2) is 43.6 Å². The van der Waals surface area contributed by atoms with Crippen molar-refractivity contribution in [3.63, 3.8) is 0 Å². The van der Waals surface area contributed by atoms with Crippen molar-refractivity contribution in [2.45, 2.75) is 31.8 Å². The Labute approximate surface area is 106 Å². The van der Waals surface area contributed by atoms with Gasteiger partial charge in [0, 0.05) is 37.7 Å². The van der Waals surface area contributed by atoms with E-state index in [1.807, 2.05) is 22.9 Å². The number of hydrogen-bond acceptors (Lipinski definition) is 4. The maximum absolute atomic E-state index is 9.14. The SMILES string of the molecule is OCCN(Cc1cn2cccnc2n1)C1CCC1. The number of aliphatic hydroxyl groups is 1. The molecule has 96 valence electrons. The van der Waals surface area contributed by atoms with Gasteiger partial charge >= 0.3 is 0 Å².